The molecule has 1 aromatic rings. The largest absolute Gasteiger partial charge is 0.303 e. The summed E-state index contributed by atoms with van der Waals surface area (Å²) >= 11 is 0. The topological polar surface area (TPSA) is 62.0 Å². The van der Waals surface area contributed by atoms with Gasteiger partial charge in [-0.2, -0.15) is 5.10 Å². The van der Waals surface area contributed by atoms with Crippen LogP contribution >= 0.6 is 0 Å². The highest BCUT2D eigenvalue weighted by Gasteiger charge is 2.11. The molecule has 1 heterocycles. The molecule has 0 radical (unpaired) electrons. The SMILES string of the molecule is CN1CCN(N=Cc2cccc([N+](=O)[O-])c2)CC1. The Morgan fingerprint density at radius 1 is 1.33 bits per heavy atom. The lowest BCUT2D eigenvalue weighted by Crippen LogP contribution is -2.41. The molecule has 0 aromatic heterocycles. The fraction of sp³-hybridized carbons (Fsp3) is 0.417. The zero-order valence-electron chi connectivity index (χ0n) is 10.3. The second kappa shape index (κ2) is 5.59. The van der Waals surface area contributed by atoms with Crippen LogP contribution in [0.1, 0.15) is 5.56 Å². The van der Waals surface area contributed by atoms with Crippen LogP contribution in [0.25, 0.3) is 0 Å². The van der Waals surface area contributed by atoms with Crippen LogP contribution in [0.15, 0.2) is 29.4 Å². The first kappa shape index (κ1) is 12.5. The van der Waals surface area contributed by atoms with E-state index in [1.807, 2.05) is 11.1 Å². The van der Waals surface area contributed by atoms with Gasteiger partial charge in [-0.15, -0.1) is 0 Å². The highest BCUT2D eigenvalue weighted by molar-refractivity contribution is 5.80. The van der Waals surface area contributed by atoms with E-state index in [0.29, 0.717) is 0 Å². The van der Waals surface area contributed by atoms with Gasteiger partial charge in [0.2, 0.25) is 0 Å². The molecule has 0 spiro atoms. The van der Waals surface area contributed by atoms with Gasteiger partial charge in [0.05, 0.1) is 11.1 Å². The molecule has 2 rings (SSSR count). The number of rotatable bonds is 3. The van der Waals surface area contributed by atoms with Gasteiger partial charge in [-0.1, -0.05) is 12.1 Å². The highest BCUT2D eigenvalue weighted by Crippen LogP contribution is 2.11. The first-order chi connectivity index (χ1) is 8.65. The summed E-state index contributed by atoms with van der Waals surface area (Å²) < 4.78 is 0. The van der Waals surface area contributed by atoms with Gasteiger partial charge in [0, 0.05) is 43.9 Å². The van der Waals surface area contributed by atoms with Crippen molar-refractivity contribution in [2.45, 2.75) is 0 Å². The fourth-order valence-electron chi connectivity index (χ4n) is 1.78. The van der Waals surface area contributed by atoms with E-state index in [1.165, 1.54) is 12.1 Å². The molecule has 0 N–H and O–H groups in total. The summed E-state index contributed by atoms with van der Waals surface area (Å²) in [5, 5.41) is 17.0. The molecule has 1 saturated heterocycles. The molecule has 1 aliphatic rings. The maximum Gasteiger partial charge on any atom is 0.270 e. The second-order valence-corrected chi connectivity index (χ2v) is 4.35. The molecule has 1 aromatic carbocycles. The van der Waals surface area contributed by atoms with E-state index in [-0.39, 0.29) is 5.69 Å². The Balaban J connectivity index is 2.00. The van der Waals surface area contributed by atoms with Crippen molar-refractivity contribution in [2.75, 3.05) is 33.2 Å². The smallest absolute Gasteiger partial charge is 0.270 e. The molecule has 0 amide bonds. The van der Waals surface area contributed by atoms with Crippen molar-refractivity contribution in [3.8, 4) is 0 Å². The standard InChI is InChI=1S/C12H16N4O2/c1-14-5-7-15(8-6-14)13-10-11-3-2-4-12(9-11)16(17)18/h2-4,9-10H,5-8H2,1H3. The van der Waals surface area contributed by atoms with Gasteiger partial charge in [0.1, 0.15) is 0 Å². The van der Waals surface area contributed by atoms with Crippen molar-refractivity contribution in [3.63, 3.8) is 0 Å². The number of non-ortho nitro benzene ring substituents is 1. The summed E-state index contributed by atoms with van der Waals surface area (Å²) in [5.41, 5.74) is 0.848. The van der Waals surface area contributed by atoms with Gasteiger partial charge in [-0.3, -0.25) is 15.1 Å². The number of hydrogen-bond acceptors (Lipinski definition) is 5. The summed E-state index contributed by atoms with van der Waals surface area (Å²) in [4.78, 5) is 12.5. The van der Waals surface area contributed by atoms with Crippen molar-refractivity contribution >= 4 is 11.9 Å². The highest BCUT2D eigenvalue weighted by atomic mass is 16.6. The Kier molecular flexibility index (Phi) is 3.88. The maximum atomic E-state index is 10.6. The van der Waals surface area contributed by atoms with E-state index in [1.54, 1.807) is 12.3 Å². The summed E-state index contributed by atoms with van der Waals surface area (Å²) in [5.74, 6) is 0. The molecule has 96 valence electrons. The van der Waals surface area contributed by atoms with Crippen molar-refractivity contribution in [2.24, 2.45) is 5.10 Å². The van der Waals surface area contributed by atoms with Crippen molar-refractivity contribution in [3.05, 3.63) is 39.9 Å². The first-order valence-corrected chi connectivity index (χ1v) is 5.87. The Morgan fingerprint density at radius 3 is 2.72 bits per heavy atom. The van der Waals surface area contributed by atoms with Crippen LogP contribution in [-0.2, 0) is 0 Å². The van der Waals surface area contributed by atoms with E-state index in [4.69, 9.17) is 0 Å². The summed E-state index contributed by atoms with van der Waals surface area (Å²) in [7, 11) is 2.08. The van der Waals surface area contributed by atoms with E-state index >= 15 is 0 Å². The summed E-state index contributed by atoms with van der Waals surface area (Å²) in [6.07, 6.45) is 1.68. The number of nitro benzene ring substituents is 1. The Bertz CT molecular complexity index is 453. The third-order valence-corrected chi connectivity index (χ3v) is 2.93. The number of nitrogens with zero attached hydrogens (tertiary/aromatic N) is 4. The van der Waals surface area contributed by atoms with E-state index < -0.39 is 4.92 Å². The van der Waals surface area contributed by atoms with Gasteiger partial charge in [-0.05, 0) is 7.05 Å². The molecule has 0 bridgehead atoms. The lowest BCUT2D eigenvalue weighted by Gasteiger charge is -2.30. The van der Waals surface area contributed by atoms with Crippen LogP contribution in [-0.4, -0.2) is 54.3 Å². The maximum absolute atomic E-state index is 10.6. The number of benzene rings is 1. The van der Waals surface area contributed by atoms with Crippen molar-refractivity contribution < 1.29 is 4.92 Å². The first-order valence-electron chi connectivity index (χ1n) is 5.87. The lowest BCUT2D eigenvalue weighted by molar-refractivity contribution is -0.384. The number of nitro groups is 1. The zero-order chi connectivity index (χ0) is 13.0. The van der Waals surface area contributed by atoms with Crippen LogP contribution in [0.3, 0.4) is 0 Å². The minimum Gasteiger partial charge on any atom is -0.303 e. The predicted octanol–water partition coefficient (Wildman–Crippen LogP) is 1.18. The van der Waals surface area contributed by atoms with Gasteiger partial charge < -0.3 is 4.90 Å². The predicted molar refractivity (Wildman–Crippen MR) is 69.8 cm³/mol. The fourth-order valence-corrected chi connectivity index (χ4v) is 1.78. The summed E-state index contributed by atoms with van der Waals surface area (Å²) in [6, 6.07) is 6.49. The van der Waals surface area contributed by atoms with E-state index in [0.717, 1.165) is 31.7 Å². The van der Waals surface area contributed by atoms with Crippen LogP contribution in [0.2, 0.25) is 0 Å². The molecule has 0 atom stereocenters. The molecule has 6 nitrogen and oxygen atoms in total. The molecule has 0 saturated carbocycles. The molecular weight excluding hydrogens is 232 g/mol. The van der Waals surface area contributed by atoms with Gasteiger partial charge in [0.25, 0.3) is 5.69 Å². The monoisotopic (exact) mass is 248 g/mol. The van der Waals surface area contributed by atoms with Gasteiger partial charge >= 0.3 is 0 Å². The quantitative estimate of drug-likeness (QED) is 0.458. The molecular formula is C12H16N4O2. The minimum atomic E-state index is -0.396. The molecule has 1 fully saturated rings. The Morgan fingerprint density at radius 2 is 2.06 bits per heavy atom. The third kappa shape index (κ3) is 3.27. The van der Waals surface area contributed by atoms with Crippen LogP contribution in [0, 0.1) is 10.1 Å². The number of hydrogen-bond donors (Lipinski definition) is 0. The van der Waals surface area contributed by atoms with Gasteiger partial charge in [-0.25, -0.2) is 0 Å². The van der Waals surface area contributed by atoms with Crippen LogP contribution in [0.4, 0.5) is 5.69 Å². The lowest BCUT2D eigenvalue weighted by atomic mass is 10.2. The molecule has 0 aliphatic carbocycles. The molecule has 1 aliphatic heterocycles. The van der Waals surface area contributed by atoms with Gasteiger partial charge in [0.15, 0.2) is 0 Å². The number of piperazine rings is 1. The Labute approximate surface area is 106 Å². The average molecular weight is 248 g/mol. The van der Waals surface area contributed by atoms with Crippen molar-refractivity contribution in [1.29, 1.82) is 0 Å². The summed E-state index contributed by atoms with van der Waals surface area (Å²) in [6.45, 7) is 3.77. The Hall–Kier alpha value is -1.95. The number of likely N-dealkylation sites (N-methyl/N-ethyl adjacent to an activating group) is 1. The average Bonchev–Trinajstić information content (AvgIpc) is 2.38. The normalized spacial score (nSPS) is 17.3. The zero-order valence-corrected chi connectivity index (χ0v) is 10.3. The van der Waals surface area contributed by atoms with Crippen LogP contribution in [0.5, 0.6) is 0 Å². The second-order valence-electron chi connectivity index (χ2n) is 4.35. The molecule has 18 heavy (non-hydrogen) atoms. The third-order valence-electron chi connectivity index (χ3n) is 2.93. The van der Waals surface area contributed by atoms with Crippen molar-refractivity contribution in [1.82, 2.24) is 9.91 Å². The minimum absolute atomic E-state index is 0.0947. The number of hydrazone groups is 1. The van der Waals surface area contributed by atoms with Crippen LogP contribution < -0.4 is 0 Å². The molecule has 6 heteroatoms. The van der Waals surface area contributed by atoms with E-state index in [2.05, 4.69) is 17.0 Å². The molecule has 0 unspecified atom stereocenters. The van der Waals surface area contributed by atoms with E-state index in [9.17, 15) is 10.1 Å².